The Morgan fingerprint density at radius 1 is 0.309 bits per heavy atom. The van der Waals surface area contributed by atoms with E-state index in [0.717, 1.165) is 28.1 Å². The number of thiophene rings is 1. The minimum Gasteiger partial charge on any atom is -0.228 e. The van der Waals surface area contributed by atoms with Gasteiger partial charge in [-0.05, 0) is 112 Å². The lowest BCUT2D eigenvalue weighted by atomic mass is 9.87. The quantitative estimate of drug-likeness (QED) is 0.170. The Balaban J connectivity index is 1.16. The second kappa shape index (κ2) is 11.8. The summed E-state index contributed by atoms with van der Waals surface area (Å²) in [7, 11) is 0. The summed E-state index contributed by atoms with van der Waals surface area (Å²) in [6.45, 7) is 0. The molecule has 0 aliphatic carbocycles. The molecule has 0 radical (unpaired) electrons. The van der Waals surface area contributed by atoms with Crippen molar-refractivity contribution in [2.45, 2.75) is 0 Å². The highest BCUT2D eigenvalue weighted by atomic mass is 32.1. The number of aromatic nitrogens is 2. The molecule has 2 heterocycles. The first kappa shape index (κ1) is 30.5. The van der Waals surface area contributed by atoms with E-state index in [-0.39, 0.29) is 0 Å². The minimum absolute atomic E-state index is 0.713. The number of hydrogen-bond acceptors (Lipinski definition) is 3. The molecule has 12 aromatic rings. The van der Waals surface area contributed by atoms with Crippen molar-refractivity contribution in [2.24, 2.45) is 0 Å². The molecular formula is C52H30N2S. The van der Waals surface area contributed by atoms with Gasteiger partial charge in [-0.3, -0.25) is 0 Å². The summed E-state index contributed by atoms with van der Waals surface area (Å²) >= 11 is 1.83. The van der Waals surface area contributed by atoms with Gasteiger partial charge in [0.15, 0.2) is 5.82 Å². The highest BCUT2D eigenvalue weighted by Gasteiger charge is 2.18. The van der Waals surface area contributed by atoms with Crippen LogP contribution in [0.25, 0.3) is 119 Å². The van der Waals surface area contributed by atoms with Crippen LogP contribution in [-0.4, -0.2) is 9.97 Å². The summed E-state index contributed by atoms with van der Waals surface area (Å²) in [5.74, 6) is 0.713. The van der Waals surface area contributed by atoms with Crippen molar-refractivity contribution >= 4 is 86.1 Å². The van der Waals surface area contributed by atoms with Gasteiger partial charge in [0.1, 0.15) is 0 Å². The van der Waals surface area contributed by atoms with Crippen LogP contribution in [0, 0.1) is 0 Å². The van der Waals surface area contributed by atoms with Crippen LogP contribution in [0.4, 0.5) is 0 Å². The van der Waals surface area contributed by atoms with Crippen molar-refractivity contribution in [1.82, 2.24) is 9.97 Å². The third kappa shape index (κ3) is 4.73. The molecule has 0 unspecified atom stereocenters. The molecule has 3 heteroatoms. The smallest absolute Gasteiger partial charge is 0.160 e. The van der Waals surface area contributed by atoms with Crippen LogP contribution in [0.5, 0.6) is 0 Å². The van der Waals surface area contributed by atoms with Crippen LogP contribution in [0.15, 0.2) is 182 Å². The number of rotatable bonds is 4. The van der Waals surface area contributed by atoms with Gasteiger partial charge in [0.05, 0.1) is 11.4 Å². The van der Waals surface area contributed by atoms with Crippen molar-refractivity contribution in [3.63, 3.8) is 0 Å². The predicted molar refractivity (Wildman–Crippen MR) is 235 cm³/mol. The van der Waals surface area contributed by atoms with Crippen molar-refractivity contribution in [1.29, 1.82) is 0 Å². The van der Waals surface area contributed by atoms with Crippen molar-refractivity contribution in [3.8, 4) is 44.3 Å². The molecule has 0 saturated carbocycles. The standard InChI is InChI=1S/C52H30N2S/c1-2-10-34(11-3-1)52-53-44(35-16-6-17-36(26-35)47-29-37-12-4-5-21-46(37)55-47)30-45(54-52)39-27-38-25-24-33-14-8-19-41-40-18-7-13-31-22-23-32-15-9-20-42(50(32)48(31)40)43(28-39)51(38)49(33)41/h1-30H. The lowest BCUT2D eigenvalue weighted by molar-refractivity contribution is 1.18. The molecule has 0 aliphatic rings. The number of benzene rings is 9. The number of fused-ring (bicyclic) bond motifs is 3. The lowest BCUT2D eigenvalue weighted by Crippen LogP contribution is -1.96. The Hall–Kier alpha value is -6.94. The summed E-state index contributed by atoms with van der Waals surface area (Å²) < 4.78 is 1.29. The summed E-state index contributed by atoms with van der Waals surface area (Å²) in [6, 6.07) is 66.3. The Morgan fingerprint density at radius 2 is 0.836 bits per heavy atom. The third-order valence-electron chi connectivity index (χ3n) is 11.3. The molecule has 0 amide bonds. The fourth-order valence-electron chi connectivity index (χ4n) is 8.85. The molecule has 0 spiro atoms. The van der Waals surface area contributed by atoms with E-state index in [2.05, 4.69) is 176 Å². The zero-order valence-electron chi connectivity index (χ0n) is 29.6. The highest BCUT2D eigenvalue weighted by Crippen LogP contribution is 2.45. The molecule has 2 aromatic heterocycles. The molecule has 0 N–H and O–H groups in total. The average Bonchev–Trinajstić information content (AvgIpc) is 3.70. The SMILES string of the molecule is c1ccc(-c2nc(-c3cccc(-c4cc5ccccc5s4)c3)cc(-c3cc4ccc5cccc6c7cccc8ccc9cccc(c(c3)c4c56)c9c87)n2)cc1. The van der Waals surface area contributed by atoms with E-state index in [1.54, 1.807) is 0 Å². The Bertz CT molecular complexity index is 3450. The van der Waals surface area contributed by atoms with Gasteiger partial charge in [-0.25, -0.2) is 9.97 Å². The average molecular weight is 715 g/mol. The monoisotopic (exact) mass is 714 g/mol. The first-order valence-corrected chi connectivity index (χ1v) is 19.5. The fourth-order valence-corrected chi connectivity index (χ4v) is 9.91. The molecule has 12 rings (SSSR count). The summed E-state index contributed by atoms with van der Waals surface area (Å²) in [4.78, 5) is 11.8. The zero-order chi connectivity index (χ0) is 36.0. The van der Waals surface area contributed by atoms with Gasteiger partial charge in [0.25, 0.3) is 0 Å². The van der Waals surface area contributed by atoms with E-state index in [4.69, 9.17) is 9.97 Å². The fraction of sp³-hybridized carbons (Fsp3) is 0. The van der Waals surface area contributed by atoms with E-state index >= 15 is 0 Å². The molecule has 10 aromatic carbocycles. The van der Waals surface area contributed by atoms with Gasteiger partial charge in [-0.1, -0.05) is 146 Å². The maximum atomic E-state index is 5.33. The topological polar surface area (TPSA) is 25.8 Å². The van der Waals surface area contributed by atoms with E-state index in [9.17, 15) is 0 Å². The zero-order valence-corrected chi connectivity index (χ0v) is 30.4. The van der Waals surface area contributed by atoms with Crippen LogP contribution in [-0.2, 0) is 0 Å². The molecular weight excluding hydrogens is 685 g/mol. The largest absolute Gasteiger partial charge is 0.228 e. The summed E-state index contributed by atoms with van der Waals surface area (Å²) in [6.07, 6.45) is 0. The van der Waals surface area contributed by atoms with Gasteiger partial charge >= 0.3 is 0 Å². The second-order valence-corrected chi connectivity index (χ2v) is 15.6. The van der Waals surface area contributed by atoms with Crippen LogP contribution in [0.2, 0.25) is 0 Å². The van der Waals surface area contributed by atoms with Crippen LogP contribution < -0.4 is 0 Å². The van der Waals surface area contributed by atoms with Crippen LogP contribution in [0.1, 0.15) is 0 Å². The van der Waals surface area contributed by atoms with Crippen molar-refractivity contribution in [2.75, 3.05) is 0 Å². The van der Waals surface area contributed by atoms with Gasteiger partial charge in [0, 0.05) is 26.3 Å². The van der Waals surface area contributed by atoms with Gasteiger partial charge in [-0.2, -0.15) is 0 Å². The number of hydrogen-bond donors (Lipinski definition) is 0. The first-order valence-electron chi connectivity index (χ1n) is 18.7. The molecule has 0 aliphatic heterocycles. The Labute approximate surface area is 320 Å². The predicted octanol–water partition coefficient (Wildman–Crippen LogP) is 14.7. The van der Waals surface area contributed by atoms with Gasteiger partial charge in [-0.15, -0.1) is 11.3 Å². The highest BCUT2D eigenvalue weighted by molar-refractivity contribution is 7.22. The normalized spacial score (nSPS) is 12.0. The molecule has 0 atom stereocenters. The van der Waals surface area contributed by atoms with Crippen LogP contribution in [0.3, 0.4) is 0 Å². The Kier molecular flexibility index (Phi) is 6.54. The van der Waals surface area contributed by atoms with Gasteiger partial charge in [0.2, 0.25) is 0 Å². The molecule has 0 fully saturated rings. The molecule has 2 nitrogen and oxygen atoms in total. The lowest BCUT2D eigenvalue weighted by Gasteiger charge is -2.17. The second-order valence-electron chi connectivity index (χ2n) is 14.5. The van der Waals surface area contributed by atoms with E-state index in [0.29, 0.717) is 5.82 Å². The van der Waals surface area contributed by atoms with E-state index < -0.39 is 0 Å². The number of nitrogens with zero attached hydrogens (tertiary/aromatic N) is 2. The van der Waals surface area contributed by atoms with Crippen molar-refractivity contribution in [3.05, 3.63) is 182 Å². The van der Waals surface area contributed by atoms with Crippen molar-refractivity contribution < 1.29 is 0 Å². The Morgan fingerprint density at radius 3 is 1.53 bits per heavy atom. The first-order chi connectivity index (χ1) is 27.2. The summed E-state index contributed by atoms with van der Waals surface area (Å²) in [5, 5.41) is 16.4. The molecule has 254 valence electrons. The maximum absolute atomic E-state index is 5.33. The van der Waals surface area contributed by atoms with E-state index in [1.807, 2.05) is 17.4 Å². The minimum atomic E-state index is 0.713. The van der Waals surface area contributed by atoms with Gasteiger partial charge < -0.3 is 0 Å². The maximum Gasteiger partial charge on any atom is 0.160 e. The molecule has 0 bridgehead atoms. The summed E-state index contributed by atoms with van der Waals surface area (Å²) in [5.41, 5.74) is 6.11. The molecule has 55 heavy (non-hydrogen) atoms. The van der Waals surface area contributed by atoms with Crippen LogP contribution >= 0.6 is 11.3 Å². The van der Waals surface area contributed by atoms with E-state index in [1.165, 1.54) is 85.2 Å². The third-order valence-corrected chi connectivity index (χ3v) is 12.5. The molecule has 0 saturated heterocycles.